The van der Waals surface area contributed by atoms with E-state index in [9.17, 15) is 9.59 Å². The van der Waals surface area contributed by atoms with Gasteiger partial charge >= 0.3 is 0 Å². The van der Waals surface area contributed by atoms with Crippen LogP contribution in [0.5, 0.6) is 5.75 Å². The number of imide groups is 1. The minimum atomic E-state index is -0.271. The molecule has 1 heterocycles. The van der Waals surface area contributed by atoms with Gasteiger partial charge in [0.25, 0.3) is 11.8 Å². The van der Waals surface area contributed by atoms with Gasteiger partial charge in [0.1, 0.15) is 5.75 Å². The molecular formula is C23H25NO3S. The van der Waals surface area contributed by atoms with Gasteiger partial charge in [-0.25, -0.2) is 4.90 Å². The molecule has 0 fully saturated rings. The van der Waals surface area contributed by atoms with Crippen LogP contribution in [0.15, 0.2) is 47.4 Å². The Bertz CT molecular complexity index is 945. The van der Waals surface area contributed by atoms with Crippen LogP contribution in [-0.4, -0.2) is 23.7 Å². The quantitative estimate of drug-likeness (QED) is 0.636. The molecule has 2 aromatic rings. The summed E-state index contributed by atoms with van der Waals surface area (Å²) in [6.07, 6.45) is 0.0748. The van der Waals surface area contributed by atoms with Gasteiger partial charge in [-0.15, -0.1) is 11.8 Å². The van der Waals surface area contributed by atoms with Gasteiger partial charge in [0.2, 0.25) is 0 Å². The number of nitrogens with zero attached hydrogens (tertiary/aromatic N) is 1. The van der Waals surface area contributed by atoms with Gasteiger partial charge in [-0.05, 0) is 68.3 Å². The number of thioether (sulfide) groups is 1. The molecule has 0 saturated heterocycles. The number of carbonyl (C=O) groups excluding carboxylic acids is 2. The zero-order valence-electron chi connectivity index (χ0n) is 16.9. The Morgan fingerprint density at radius 1 is 1.00 bits per heavy atom. The number of hydrogen-bond donors (Lipinski definition) is 0. The maximum atomic E-state index is 13.3. The number of rotatable bonds is 6. The highest BCUT2D eigenvalue weighted by molar-refractivity contribution is 8.04. The molecule has 3 rings (SSSR count). The maximum absolute atomic E-state index is 13.3. The van der Waals surface area contributed by atoms with E-state index in [2.05, 4.69) is 0 Å². The van der Waals surface area contributed by atoms with Crippen LogP contribution < -0.4 is 9.64 Å². The summed E-state index contributed by atoms with van der Waals surface area (Å²) < 4.78 is 5.69. The zero-order valence-corrected chi connectivity index (χ0v) is 17.7. The molecule has 0 bridgehead atoms. The predicted molar refractivity (Wildman–Crippen MR) is 116 cm³/mol. The Hall–Kier alpha value is -2.53. The standard InChI is InChI=1S/C23H25NO3S/c1-6-28-21-20(17-10-12-18(13-11-17)27-14(2)3)22(25)24(23(21)26)19-9-7-8-15(4)16(19)5/h7-14H,6H2,1-5H3. The second-order valence-electron chi connectivity index (χ2n) is 6.99. The number of anilines is 1. The van der Waals surface area contributed by atoms with Crippen LogP contribution in [0.1, 0.15) is 37.5 Å². The molecule has 5 heteroatoms. The van der Waals surface area contributed by atoms with E-state index < -0.39 is 0 Å². The van der Waals surface area contributed by atoms with E-state index in [0.29, 0.717) is 21.9 Å². The summed E-state index contributed by atoms with van der Waals surface area (Å²) in [4.78, 5) is 28.3. The highest BCUT2D eigenvalue weighted by Gasteiger charge is 2.40. The lowest BCUT2D eigenvalue weighted by atomic mass is 10.1. The molecule has 0 radical (unpaired) electrons. The molecule has 0 atom stereocenters. The second-order valence-corrected chi connectivity index (χ2v) is 8.27. The van der Waals surface area contributed by atoms with Gasteiger partial charge in [0, 0.05) is 0 Å². The summed E-state index contributed by atoms with van der Waals surface area (Å²) in [6, 6.07) is 13.1. The molecule has 0 spiro atoms. The number of amides is 2. The summed E-state index contributed by atoms with van der Waals surface area (Å²) in [5.41, 5.74) is 3.84. The van der Waals surface area contributed by atoms with Gasteiger partial charge in [0.05, 0.1) is 22.3 Å². The molecule has 1 aliphatic rings. The number of carbonyl (C=O) groups is 2. The van der Waals surface area contributed by atoms with Crippen LogP contribution in [0.2, 0.25) is 0 Å². The van der Waals surface area contributed by atoms with E-state index >= 15 is 0 Å². The largest absolute Gasteiger partial charge is 0.491 e. The van der Waals surface area contributed by atoms with Crippen LogP contribution >= 0.6 is 11.8 Å². The van der Waals surface area contributed by atoms with Gasteiger partial charge in [-0.1, -0.05) is 31.2 Å². The van der Waals surface area contributed by atoms with E-state index in [1.165, 1.54) is 16.7 Å². The third-order valence-electron chi connectivity index (χ3n) is 4.66. The SMILES string of the molecule is CCSC1=C(c2ccc(OC(C)C)cc2)C(=O)N(c2cccc(C)c2C)C1=O. The first-order valence-electron chi connectivity index (χ1n) is 9.44. The first-order chi connectivity index (χ1) is 13.3. The molecule has 146 valence electrons. The normalized spacial score (nSPS) is 14.4. The fourth-order valence-electron chi connectivity index (χ4n) is 3.21. The van der Waals surface area contributed by atoms with Crippen molar-refractivity contribution in [2.75, 3.05) is 10.7 Å². The highest BCUT2D eigenvalue weighted by Crippen LogP contribution is 2.39. The average molecular weight is 396 g/mol. The smallest absolute Gasteiger partial charge is 0.272 e. The molecule has 0 aromatic heterocycles. The lowest BCUT2D eigenvalue weighted by molar-refractivity contribution is -0.119. The molecule has 2 amide bonds. The van der Waals surface area contributed by atoms with E-state index in [1.54, 1.807) is 0 Å². The van der Waals surface area contributed by atoms with Crippen LogP contribution in [0.4, 0.5) is 5.69 Å². The van der Waals surface area contributed by atoms with Gasteiger partial charge < -0.3 is 4.74 Å². The average Bonchev–Trinajstić information content (AvgIpc) is 2.89. The van der Waals surface area contributed by atoms with Crippen molar-refractivity contribution in [2.24, 2.45) is 0 Å². The Morgan fingerprint density at radius 3 is 2.29 bits per heavy atom. The van der Waals surface area contributed by atoms with Crippen LogP contribution in [-0.2, 0) is 9.59 Å². The van der Waals surface area contributed by atoms with Crippen LogP contribution in [0.3, 0.4) is 0 Å². The van der Waals surface area contributed by atoms with Gasteiger partial charge in [-0.3, -0.25) is 9.59 Å². The maximum Gasteiger partial charge on any atom is 0.272 e. The Kier molecular flexibility index (Phi) is 5.94. The minimum absolute atomic E-state index is 0.0748. The summed E-state index contributed by atoms with van der Waals surface area (Å²) >= 11 is 1.41. The zero-order chi connectivity index (χ0) is 20.4. The van der Waals surface area contributed by atoms with Gasteiger partial charge in [-0.2, -0.15) is 0 Å². The number of benzene rings is 2. The van der Waals surface area contributed by atoms with E-state index in [4.69, 9.17) is 4.74 Å². The van der Waals surface area contributed by atoms with Crippen LogP contribution in [0.25, 0.3) is 5.57 Å². The van der Waals surface area contributed by atoms with Gasteiger partial charge in [0.15, 0.2) is 0 Å². The summed E-state index contributed by atoms with van der Waals surface area (Å²) in [5.74, 6) is 0.940. The first kappa shape index (κ1) is 20.2. The fraction of sp³-hybridized carbons (Fsp3) is 0.304. The molecular weight excluding hydrogens is 370 g/mol. The molecule has 0 N–H and O–H groups in total. The first-order valence-corrected chi connectivity index (χ1v) is 10.4. The number of ether oxygens (including phenoxy) is 1. The Balaban J connectivity index is 2.04. The highest BCUT2D eigenvalue weighted by atomic mass is 32.2. The monoisotopic (exact) mass is 395 g/mol. The third-order valence-corrected chi connectivity index (χ3v) is 5.62. The Morgan fingerprint density at radius 2 is 1.68 bits per heavy atom. The molecule has 0 unspecified atom stereocenters. The van der Waals surface area contributed by atoms with Crippen molar-refractivity contribution in [3.63, 3.8) is 0 Å². The Labute approximate surface area is 170 Å². The lowest BCUT2D eigenvalue weighted by Gasteiger charge is -2.19. The van der Waals surface area contributed by atoms with Crippen molar-refractivity contribution < 1.29 is 14.3 Å². The number of aryl methyl sites for hydroxylation is 1. The third kappa shape index (κ3) is 3.72. The van der Waals surface area contributed by atoms with E-state index in [-0.39, 0.29) is 17.9 Å². The minimum Gasteiger partial charge on any atom is -0.491 e. The lowest BCUT2D eigenvalue weighted by Crippen LogP contribution is -2.32. The topological polar surface area (TPSA) is 46.6 Å². The van der Waals surface area contributed by atoms with Crippen molar-refractivity contribution in [1.29, 1.82) is 0 Å². The summed E-state index contributed by atoms with van der Waals surface area (Å²) in [7, 11) is 0. The molecule has 28 heavy (non-hydrogen) atoms. The van der Waals surface area contributed by atoms with Crippen molar-refractivity contribution in [2.45, 2.75) is 40.7 Å². The molecule has 2 aromatic carbocycles. The van der Waals surface area contributed by atoms with Crippen molar-refractivity contribution in [3.05, 3.63) is 64.1 Å². The van der Waals surface area contributed by atoms with Crippen LogP contribution in [0, 0.1) is 13.8 Å². The molecule has 0 aliphatic carbocycles. The summed E-state index contributed by atoms with van der Waals surface area (Å²) in [5, 5.41) is 0. The molecule has 1 aliphatic heterocycles. The predicted octanol–water partition coefficient (Wildman–Crippen LogP) is 5.13. The second kappa shape index (κ2) is 8.23. The molecule has 4 nitrogen and oxygen atoms in total. The fourth-order valence-corrected chi connectivity index (χ4v) is 4.06. The van der Waals surface area contributed by atoms with E-state index in [1.807, 2.05) is 77.1 Å². The molecule has 0 saturated carbocycles. The van der Waals surface area contributed by atoms with Crippen molar-refractivity contribution >= 4 is 34.8 Å². The van der Waals surface area contributed by atoms with Crippen molar-refractivity contribution in [1.82, 2.24) is 0 Å². The summed E-state index contributed by atoms with van der Waals surface area (Å²) in [6.45, 7) is 9.83. The number of hydrogen-bond acceptors (Lipinski definition) is 4. The van der Waals surface area contributed by atoms with Crippen molar-refractivity contribution in [3.8, 4) is 5.75 Å². The van der Waals surface area contributed by atoms with E-state index in [0.717, 1.165) is 22.4 Å².